The molecular weight excluding hydrogens is 472 g/mol. The summed E-state index contributed by atoms with van der Waals surface area (Å²) in [7, 11) is 1.54. The first kappa shape index (κ1) is 25.7. The largest absolute Gasteiger partial charge is 0.497 e. The molecule has 0 saturated carbocycles. The number of aromatic nitrogens is 1. The Hall–Kier alpha value is -4.40. The van der Waals surface area contributed by atoms with Crippen molar-refractivity contribution in [2.75, 3.05) is 39.9 Å². The van der Waals surface area contributed by atoms with Gasteiger partial charge in [0.2, 0.25) is 5.91 Å². The van der Waals surface area contributed by atoms with Gasteiger partial charge in [-0.15, -0.1) is 0 Å². The number of carbonyl (C=O) groups excluding carboxylic acids is 3. The van der Waals surface area contributed by atoms with Gasteiger partial charge in [-0.2, -0.15) is 0 Å². The predicted octanol–water partition coefficient (Wildman–Crippen LogP) is 2.84. The van der Waals surface area contributed by atoms with E-state index in [2.05, 4.69) is 15.6 Å². The van der Waals surface area contributed by atoms with Gasteiger partial charge >= 0.3 is 0 Å². The van der Waals surface area contributed by atoms with Gasteiger partial charge < -0.3 is 25.0 Å². The number of nitrogens with zero attached hydrogens (tertiary/aromatic N) is 2. The molecule has 0 fully saturated rings. The van der Waals surface area contributed by atoms with Gasteiger partial charge in [0.15, 0.2) is 0 Å². The Kier molecular flexibility index (Phi) is 8.35. The number of ether oxygens (including phenoxy) is 2. The summed E-state index contributed by atoms with van der Waals surface area (Å²) in [5, 5.41) is 5.68. The minimum absolute atomic E-state index is 0.125. The Morgan fingerprint density at radius 3 is 2.62 bits per heavy atom. The van der Waals surface area contributed by atoms with Crippen molar-refractivity contribution in [1.29, 1.82) is 0 Å². The van der Waals surface area contributed by atoms with E-state index in [1.165, 1.54) is 12.0 Å². The predicted molar refractivity (Wildman–Crippen MR) is 139 cm³/mol. The van der Waals surface area contributed by atoms with Crippen LogP contribution in [0.2, 0.25) is 0 Å². The molecule has 9 heteroatoms. The highest BCUT2D eigenvalue weighted by molar-refractivity contribution is 6.03. The van der Waals surface area contributed by atoms with Crippen molar-refractivity contribution >= 4 is 17.7 Å². The maximum absolute atomic E-state index is 13.8. The minimum Gasteiger partial charge on any atom is -0.497 e. The van der Waals surface area contributed by atoms with E-state index in [-0.39, 0.29) is 44.0 Å². The normalized spacial score (nSPS) is 14.9. The van der Waals surface area contributed by atoms with Crippen molar-refractivity contribution in [3.05, 3.63) is 77.6 Å². The third-order valence-electron chi connectivity index (χ3n) is 6.07. The van der Waals surface area contributed by atoms with Gasteiger partial charge in [0.25, 0.3) is 11.8 Å². The number of rotatable bonds is 3. The Morgan fingerprint density at radius 1 is 1.03 bits per heavy atom. The molecule has 2 heterocycles. The van der Waals surface area contributed by atoms with Gasteiger partial charge in [-0.25, -0.2) is 0 Å². The lowest BCUT2D eigenvalue weighted by atomic mass is 9.98. The lowest BCUT2D eigenvalue weighted by molar-refractivity contribution is -0.121. The van der Waals surface area contributed by atoms with Crippen LogP contribution in [0.1, 0.15) is 32.8 Å². The van der Waals surface area contributed by atoms with Crippen LogP contribution in [0.25, 0.3) is 11.1 Å². The number of hydrogen-bond acceptors (Lipinski definition) is 6. The lowest BCUT2D eigenvalue weighted by Crippen LogP contribution is -2.43. The van der Waals surface area contributed by atoms with Crippen molar-refractivity contribution < 1.29 is 23.9 Å². The van der Waals surface area contributed by atoms with Crippen LogP contribution in [-0.4, -0.2) is 67.5 Å². The second-order valence-corrected chi connectivity index (χ2v) is 8.58. The van der Waals surface area contributed by atoms with Crippen LogP contribution in [0.3, 0.4) is 0 Å². The third kappa shape index (κ3) is 6.24. The number of amides is 3. The van der Waals surface area contributed by atoms with E-state index in [1.807, 2.05) is 36.4 Å². The number of aryl methyl sites for hydroxylation is 1. The highest BCUT2D eigenvalue weighted by atomic mass is 16.5. The standard InChI is InChI=1S/C28H30N4O5/c1-19-26(22(11-13-29-19)20-7-4-3-5-8-20)28(35)32-15-6-12-31-27(34)23-10-9-21(36-2)17-24(23)37-16-14-30-25(33)18-32/h3-5,7-11,13,17H,6,12,14-16,18H2,1-2H3,(H,30,33)(H,31,34). The number of benzene rings is 2. The Bertz CT molecular complexity index is 1280. The van der Waals surface area contributed by atoms with Gasteiger partial charge in [0, 0.05) is 25.4 Å². The summed E-state index contributed by atoms with van der Waals surface area (Å²) in [6.07, 6.45) is 2.13. The van der Waals surface area contributed by atoms with E-state index in [0.29, 0.717) is 41.3 Å². The summed E-state index contributed by atoms with van der Waals surface area (Å²) in [6.45, 7) is 2.61. The molecule has 192 valence electrons. The molecule has 4 rings (SSSR count). The summed E-state index contributed by atoms with van der Waals surface area (Å²) in [5.74, 6) is 0.0661. The maximum Gasteiger partial charge on any atom is 0.256 e. The van der Waals surface area contributed by atoms with Crippen LogP contribution >= 0.6 is 0 Å². The summed E-state index contributed by atoms with van der Waals surface area (Å²) in [5.41, 5.74) is 3.06. The van der Waals surface area contributed by atoms with E-state index >= 15 is 0 Å². The molecule has 1 aliphatic heterocycles. The molecule has 37 heavy (non-hydrogen) atoms. The molecule has 1 aliphatic rings. The molecule has 0 bridgehead atoms. The summed E-state index contributed by atoms with van der Waals surface area (Å²) in [4.78, 5) is 45.2. The molecule has 2 N–H and O–H groups in total. The first-order valence-electron chi connectivity index (χ1n) is 12.1. The zero-order valence-electron chi connectivity index (χ0n) is 21.0. The minimum atomic E-state index is -0.299. The topological polar surface area (TPSA) is 110 Å². The molecule has 0 aliphatic carbocycles. The first-order chi connectivity index (χ1) is 18.0. The average molecular weight is 503 g/mol. The lowest BCUT2D eigenvalue weighted by Gasteiger charge is -2.25. The molecular formula is C28H30N4O5. The highest BCUT2D eigenvalue weighted by Gasteiger charge is 2.24. The van der Waals surface area contributed by atoms with Crippen molar-refractivity contribution in [2.24, 2.45) is 0 Å². The van der Waals surface area contributed by atoms with Crippen molar-refractivity contribution in [3.8, 4) is 22.6 Å². The quantitative estimate of drug-likeness (QED) is 0.570. The molecule has 9 nitrogen and oxygen atoms in total. The Labute approximate surface area is 215 Å². The fourth-order valence-electron chi connectivity index (χ4n) is 4.19. The van der Waals surface area contributed by atoms with Crippen molar-refractivity contribution in [1.82, 2.24) is 20.5 Å². The van der Waals surface area contributed by atoms with E-state index in [9.17, 15) is 14.4 Å². The molecule has 3 aromatic rings. The second-order valence-electron chi connectivity index (χ2n) is 8.58. The third-order valence-corrected chi connectivity index (χ3v) is 6.07. The zero-order chi connectivity index (χ0) is 26.2. The first-order valence-corrected chi connectivity index (χ1v) is 12.1. The highest BCUT2D eigenvalue weighted by Crippen LogP contribution is 2.27. The number of nitrogens with one attached hydrogen (secondary N) is 2. The van der Waals surface area contributed by atoms with Crippen LogP contribution in [0.5, 0.6) is 11.5 Å². The van der Waals surface area contributed by atoms with Crippen LogP contribution in [0.4, 0.5) is 0 Å². The maximum atomic E-state index is 13.8. The van der Waals surface area contributed by atoms with E-state index in [1.54, 1.807) is 31.3 Å². The molecule has 0 radical (unpaired) electrons. The summed E-state index contributed by atoms with van der Waals surface area (Å²) >= 11 is 0. The van der Waals surface area contributed by atoms with Gasteiger partial charge in [0.1, 0.15) is 18.1 Å². The molecule has 3 amide bonds. The fraction of sp³-hybridized carbons (Fsp3) is 0.286. The number of carbonyl (C=O) groups is 3. The number of pyridine rings is 1. The van der Waals surface area contributed by atoms with Gasteiger partial charge in [-0.1, -0.05) is 30.3 Å². The fourth-order valence-corrected chi connectivity index (χ4v) is 4.19. The Balaban J connectivity index is 1.56. The molecule has 0 atom stereocenters. The molecule has 0 saturated heterocycles. The number of hydrogen-bond donors (Lipinski definition) is 2. The van der Waals surface area contributed by atoms with Crippen LogP contribution < -0.4 is 20.1 Å². The van der Waals surface area contributed by atoms with Crippen LogP contribution in [-0.2, 0) is 4.79 Å². The van der Waals surface area contributed by atoms with Gasteiger partial charge in [-0.3, -0.25) is 19.4 Å². The van der Waals surface area contributed by atoms with Crippen LogP contribution in [0, 0.1) is 6.92 Å². The van der Waals surface area contributed by atoms with E-state index in [4.69, 9.17) is 9.47 Å². The van der Waals surface area contributed by atoms with Crippen molar-refractivity contribution in [2.45, 2.75) is 13.3 Å². The number of fused-ring (bicyclic) bond motifs is 1. The summed E-state index contributed by atoms with van der Waals surface area (Å²) < 4.78 is 11.0. The van der Waals surface area contributed by atoms with Gasteiger partial charge in [-0.05, 0) is 42.7 Å². The average Bonchev–Trinajstić information content (AvgIpc) is 2.92. The summed E-state index contributed by atoms with van der Waals surface area (Å²) in [6, 6.07) is 16.4. The molecule has 0 unspecified atom stereocenters. The smallest absolute Gasteiger partial charge is 0.256 e. The number of methoxy groups -OCH3 is 1. The molecule has 0 spiro atoms. The van der Waals surface area contributed by atoms with Gasteiger partial charge in [0.05, 0.1) is 37.0 Å². The second kappa shape index (κ2) is 12.0. The van der Waals surface area contributed by atoms with E-state index in [0.717, 1.165) is 11.1 Å². The van der Waals surface area contributed by atoms with E-state index < -0.39 is 0 Å². The zero-order valence-corrected chi connectivity index (χ0v) is 21.0. The molecule has 2 aromatic carbocycles. The Morgan fingerprint density at radius 2 is 1.84 bits per heavy atom. The monoisotopic (exact) mass is 502 g/mol. The SMILES string of the molecule is COc1ccc2c(c1)OCCNC(=O)CN(C(=O)c1c(-c3ccccc3)ccnc1C)CCCNC2=O. The molecule has 1 aromatic heterocycles. The van der Waals surface area contributed by atoms with Crippen molar-refractivity contribution in [3.63, 3.8) is 0 Å². The van der Waals surface area contributed by atoms with Crippen LogP contribution in [0.15, 0.2) is 60.8 Å².